The van der Waals surface area contributed by atoms with Crippen molar-refractivity contribution in [2.24, 2.45) is 0 Å². The van der Waals surface area contributed by atoms with Gasteiger partial charge in [-0.2, -0.15) is 4.98 Å². The van der Waals surface area contributed by atoms with Crippen molar-refractivity contribution in [3.63, 3.8) is 0 Å². The van der Waals surface area contributed by atoms with Crippen LogP contribution in [0, 0.1) is 0 Å². The Bertz CT molecular complexity index is 700. The molecule has 0 spiro atoms. The van der Waals surface area contributed by atoms with Gasteiger partial charge in [0.1, 0.15) is 0 Å². The van der Waals surface area contributed by atoms with E-state index in [1.54, 1.807) is 36.5 Å². The Morgan fingerprint density at radius 3 is 2.52 bits per heavy atom. The minimum absolute atomic E-state index is 0.0314. The first-order chi connectivity index (χ1) is 9.96. The zero-order valence-corrected chi connectivity index (χ0v) is 12.7. The average molecular weight is 307 g/mol. The van der Waals surface area contributed by atoms with Crippen LogP contribution in [0.4, 0.5) is 11.6 Å². The number of hydrogen-bond donors (Lipinski definition) is 1. The first kappa shape index (κ1) is 15.2. The molecule has 0 bridgehead atoms. The highest BCUT2D eigenvalue weighted by molar-refractivity contribution is 7.89. The van der Waals surface area contributed by atoms with Crippen molar-refractivity contribution in [3.8, 4) is 5.88 Å². The second-order valence-corrected chi connectivity index (χ2v) is 6.68. The molecule has 2 aromatic rings. The lowest BCUT2D eigenvalue weighted by molar-refractivity contribution is 0.327. The van der Waals surface area contributed by atoms with Gasteiger partial charge in [-0.3, -0.25) is 0 Å². The lowest BCUT2D eigenvalue weighted by Crippen LogP contribution is -2.02. The number of nitrogens with zero attached hydrogens (tertiary/aromatic N) is 2. The Balaban J connectivity index is 2.08. The second kappa shape index (κ2) is 6.53. The number of sulfone groups is 1. The molecule has 1 aromatic carbocycles. The molecular formula is C14H17N3O3S. The predicted molar refractivity (Wildman–Crippen MR) is 81.5 cm³/mol. The maximum atomic E-state index is 11.2. The second-order valence-electron chi connectivity index (χ2n) is 4.54. The molecule has 0 atom stereocenters. The molecule has 112 valence electrons. The zero-order valence-electron chi connectivity index (χ0n) is 11.9. The highest BCUT2D eigenvalue weighted by Crippen LogP contribution is 2.16. The first-order valence-corrected chi connectivity index (χ1v) is 8.52. The van der Waals surface area contributed by atoms with Crippen molar-refractivity contribution >= 4 is 21.5 Å². The summed E-state index contributed by atoms with van der Waals surface area (Å²) in [4.78, 5) is 8.30. The molecule has 0 fully saturated rings. The van der Waals surface area contributed by atoms with Gasteiger partial charge < -0.3 is 10.1 Å². The van der Waals surface area contributed by atoms with Gasteiger partial charge in [0, 0.05) is 24.2 Å². The van der Waals surface area contributed by atoms with Crippen molar-refractivity contribution in [1.29, 1.82) is 0 Å². The molecule has 6 nitrogen and oxygen atoms in total. The quantitative estimate of drug-likeness (QED) is 0.881. The van der Waals surface area contributed by atoms with Crippen LogP contribution in [-0.2, 0) is 15.6 Å². The summed E-state index contributed by atoms with van der Waals surface area (Å²) in [5, 5.41) is 3.04. The number of ether oxygens (including phenoxy) is 1. The Hall–Kier alpha value is -2.15. The molecule has 0 aliphatic carbocycles. The summed E-state index contributed by atoms with van der Waals surface area (Å²) >= 11 is 0. The van der Waals surface area contributed by atoms with E-state index in [0.717, 1.165) is 11.3 Å². The molecule has 2 rings (SSSR count). The normalized spacial score (nSPS) is 11.1. The molecule has 0 aliphatic rings. The van der Waals surface area contributed by atoms with Gasteiger partial charge in [0.2, 0.25) is 11.8 Å². The van der Waals surface area contributed by atoms with Crippen molar-refractivity contribution in [1.82, 2.24) is 9.97 Å². The van der Waals surface area contributed by atoms with Crippen molar-refractivity contribution < 1.29 is 13.2 Å². The van der Waals surface area contributed by atoms with E-state index < -0.39 is 9.84 Å². The molecule has 0 aliphatic heterocycles. The lowest BCUT2D eigenvalue weighted by Gasteiger charge is -2.07. The van der Waals surface area contributed by atoms with Crippen LogP contribution >= 0.6 is 0 Å². The molecule has 0 amide bonds. The molecule has 1 N–H and O–H groups in total. The molecule has 1 heterocycles. The SMILES string of the molecule is CCOc1ccnc(Nc2ccc(CS(C)(=O)=O)cc2)n1. The van der Waals surface area contributed by atoms with Gasteiger partial charge in [-0.25, -0.2) is 13.4 Å². The van der Waals surface area contributed by atoms with Crippen LogP contribution in [0.2, 0.25) is 0 Å². The van der Waals surface area contributed by atoms with Crippen LogP contribution in [0.25, 0.3) is 0 Å². The fourth-order valence-corrected chi connectivity index (χ4v) is 2.54. The predicted octanol–water partition coefficient (Wildman–Crippen LogP) is 2.16. The van der Waals surface area contributed by atoms with Crippen molar-refractivity contribution in [2.75, 3.05) is 18.2 Å². The van der Waals surface area contributed by atoms with Crippen molar-refractivity contribution in [2.45, 2.75) is 12.7 Å². The summed E-state index contributed by atoms with van der Waals surface area (Å²) in [7, 11) is -3.02. The monoisotopic (exact) mass is 307 g/mol. The average Bonchev–Trinajstić information content (AvgIpc) is 2.40. The summed E-state index contributed by atoms with van der Waals surface area (Å²) in [6.07, 6.45) is 2.82. The minimum Gasteiger partial charge on any atom is -0.478 e. The zero-order chi connectivity index (χ0) is 15.3. The van der Waals surface area contributed by atoms with Crippen LogP contribution in [-0.4, -0.2) is 31.2 Å². The summed E-state index contributed by atoms with van der Waals surface area (Å²) < 4.78 is 27.8. The Morgan fingerprint density at radius 2 is 1.90 bits per heavy atom. The van der Waals surface area contributed by atoms with E-state index in [2.05, 4.69) is 15.3 Å². The smallest absolute Gasteiger partial charge is 0.230 e. The van der Waals surface area contributed by atoms with Gasteiger partial charge in [-0.15, -0.1) is 0 Å². The first-order valence-electron chi connectivity index (χ1n) is 6.46. The van der Waals surface area contributed by atoms with E-state index in [-0.39, 0.29) is 5.75 Å². The largest absolute Gasteiger partial charge is 0.478 e. The third-order valence-corrected chi connectivity index (χ3v) is 3.42. The Labute approximate surface area is 124 Å². The van der Waals surface area contributed by atoms with Crippen LogP contribution < -0.4 is 10.1 Å². The Kier molecular flexibility index (Phi) is 4.74. The molecule has 1 aromatic heterocycles. The summed E-state index contributed by atoms with van der Waals surface area (Å²) in [6, 6.07) is 8.78. The molecule has 21 heavy (non-hydrogen) atoms. The topological polar surface area (TPSA) is 81.2 Å². The van der Waals surface area contributed by atoms with Crippen LogP contribution in [0.15, 0.2) is 36.5 Å². The van der Waals surface area contributed by atoms with Gasteiger partial charge in [0.05, 0.1) is 12.4 Å². The van der Waals surface area contributed by atoms with Gasteiger partial charge in [0.15, 0.2) is 9.84 Å². The highest BCUT2D eigenvalue weighted by Gasteiger charge is 2.05. The maximum Gasteiger partial charge on any atom is 0.230 e. The number of anilines is 2. The molecule has 0 saturated carbocycles. The van der Waals surface area contributed by atoms with Gasteiger partial charge in [0.25, 0.3) is 0 Å². The fourth-order valence-electron chi connectivity index (χ4n) is 1.75. The highest BCUT2D eigenvalue weighted by atomic mass is 32.2. The standard InChI is InChI=1S/C14H17N3O3S/c1-3-20-13-8-9-15-14(17-13)16-12-6-4-11(5-7-12)10-21(2,18)19/h4-9H,3,10H2,1-2H3,(H,15,16,17). The maximum absolute atomic E-state index is 11.2. The number of hydrogen-bond acceptors (Lipinski definition) is 6. The Morgan fingerprint density at radius 1 is 1.19 bits per heavy atom. The van der Waals surface area contributed by atoms with E-state index in [0.29, 0.717) is 18.4 Å². The van der Waals surface area contributed by atoms with E-state index in [9.17, 15) is 8.42 Å². The van der Waals surface area contributed by atoms with E-state index in [1.807, 2.05) is 6.92 Å². The molecule has 7 heteroatoms. The summed E-state index contributed by atoms with van der Waals surface area (Å²) in [5.74, 6) is 0.962. The van der Waals surface area contributed by atoms with Gasteiger partial charge >= 0.3 is 0 Å². The van der Waals surface area contributed by atoms with E-state index in [4.69, 9.17) is 4.74 Å². The van der Waals surface area contributed by atoms with Crippen molar-refractivity contribution in [3.05, 3.63) is 42.1 Å². The van der Waals surface area contributed by atoms with Crippen LogP contribution in [0.1, 0.15) is 12.5 Å². The lowest BCUT2D eigenvalue weighted by atomic mass is 10.2. The third-order valence-electron chi connectivity index (χ3n) is 2.56. The van der Waals surface area contributed by atoms with E-state index in [1.165, 1.54) is 6.26 Å². The number of aromatic nitrogens is 2. The molecule has 0 saturated heterocycles. The molecule has 0 radical (unpaired) electrons. The molecule has 0 unspecified atom stereocenters. The molecular weight excluding hydrogens is 290 g/mol. The third kappa shape index (κ3) is 5.03. The number of nitrogens with one attached hydrogen (secondary N) is 1. The number of benzene rings is 1. The number of rotatable bonds is 6. The minimum atomic E-state index is -3.02. The fraction of sp³-hybridized carbons (Fsp3) is 0.286. The summed E-state index contributed by atoms with van der Waals surface area (Å²) in [6.45, 7) is 2.42. The van der Waals surface area contributed by atoms with Crippen LogP contribution in [0.3, 0.4) is 0 Å². The van der Waals surface area contributed by atoms with Gasteiger partial charge in [-0.1, -0.05) is 12.1 Å². The van der Waals surface area contributed by atoms with Gasteiger partial charge in [-0.05, 0) is 24.6 Å². The summed E-state index contributed by atoms with van der Waals surface area (Å²) in [5.41, 5.74) is 1.52. The van der Waals surface area contributed by atoms with Crippen LogP contribution in [0.5, 0.6) is 5.88 Å². The van der Waals surface area contributed by atoms with E-state index >= 15 is 0 Å².